The molecular formula is C18H21NO4S. The number of benzene rings is 2. The molecule has 6 heteroatoms. The van der Waals surface area contributed by atoms with Crippen LogP contribution in [-0.4, -0.2) is 26.7 Å². The predicted molar refractivity (Wildman–Crippen MR) is 93.9 cm³/mol. The lowest BCUT2D eigenvalue weighted by atomic mass is 10.1. The monoisotopic (exact) mass is 347 g/mol. The van der Waals surface area contributed by atoms with Crippen LogP contribution in [0.2, 0.25) is 0 Å². The molecule has 5 nitrogen and oxygen atoms in total. The van der Waals surface area contributed by atoms with Crippen molar-refractivity contribution >= 4 is 21.4 Å². The first-order valence-corrected chi connectivity index (χ1v) is 9.47. The minimum atomic E-state index is -3.31. The number of carbonyl (C=O) groups is 1. The van der Waals surface area contributed by atoms with Gasteiger partial charge in [-0.05, 0) is 49.7 Å². The molecule has 2 aromatic rings. The van der Waals surface area contributed by atoms with Crippen molar-refractivity contribution in [1.29, 1.82) is 0 Å². The van der Waals surface area contributed by atoms with Crippen molar-refractivity contribution in [3.8, 4) is 0 Å². The summed E-state index contributed by atoms with van der Waals surface area (Å²) >= 11 is 0. The number of ether oxygens (including phenoxy) is 1. The van der Waals surface area contributed by atoms with Gasteiger partial charge in [-0.3, -0.25) is 4.79 Å². The van der Waals surface area contributed by atoms with Gasteiger partial charge in [-0.2, -0.15) is 0 Å². The number of sulfone groups is 1. The van der Waals surface area contributed by atoms with Crippen molar-refractivity contribution in [3.05, 3.63) is 59.7 Å². The SMILES string of the molecule is CC(C)OCc1ccc(C(=O)Nc2cccc(S(C)(=O)=O)c2)cc1. The maximum Gasteiger partial charge on any atom is 0.255 e. The highest BCUT2D eigenvalue weighted by Crippen LogP contribution is 2.16. The van der Waals surface area contributed by atoms with Gasteiger partial charge in [-0.1, -0.05) is 18.2 Å². The molecular weight excluding hydrogens is 326 g/mol. The molecule has 0 aliphatic rings. The van der Waals surface area contributed by atoms with Crippen molar-refractivity contribution in [2.24, 2.45) is 0 Å². The van der Waals surface area contributed by atoms with E-state index in [2.05, 4.69) is 5.32 Å². The molecule has 0 radical (unpaired) electrons. The molecule has 0 unspecified atom stereocenters. The topological polar surface area (TPSA) is 72.5 Å². The Morgan fingerprint density at radius 2 is 1.79 bits per heavy atom. The fraction of sp³-hybridized carbons (Fsp3) is 0.278. The molecule has 2 rings (SSSR count). The molecule has 0 aliphatic carbocycles. The van der Waals surface area contributed by atoms with Gasteiger partial charge in [0.1, 0.15) is 0 Å². The Hall–Kier alpha value is -2.18. The molecule has 0 spiro atoms. The van der Waals surface area contributed by atoms with Crippen LogP contribution >= 0.6 is 0 Å². The molecule has 0 saturated carbocycles. The summed E-state index contributed by atoms with van der Waals surface area (Å²) in [5.74, 6) is -0.294. The highest BCUT2D eigenvalue weighted by molar-refractivity contribution is 7.90. The van der Waals surface area contributed by atoms with Crippen LogP contribution in [0.1, 0.15) is 29.8 Å². The van der Waals surface area contributed by atoms with Crippen LogP contribution in [-0.2, 0) is 21.2 Å². The summed E-state index contributed by atoms with van der Waals surface area (Å²) in [4.78, 5) is 12.4. The predicted octanol–water partition coefficient (Wildman–Crippen LogP) is 3.27. The quantitative estimate of drug-likeness (QED) is 0.870. The van der Waals surface area contributed by atoms with Crippen LogP contribution in [0.5, 0.6) is 0 Å². The van der Waals surface area contributed by atoms with Crippen molar-refractivity contribution in [2.75, 3.05) is 11.6 Å². The van der Waals surface area contributed by atoms with E-state index in [1.807, 2.05) is 26.0 Å². The Balaban J connectivity index is 2.07. The summed E-state index contributed by atoms with van der Waals surface area (Å²) in [6.45, 7) is 4.43. The standard InChI is InChI=1S/C18H21NO4S/c1-13(2)23-12-14-7-9-15(10-8-14)18(20)19-16-5-4-6-17(11-16)24(3,21)22/h4-11,13H,12H2,1-3H3,(H,19,20). The van der Waals surface area contributed by atoms with E-state index in [9.17, 15) is 13.2 Å². The number of nitrogens with one attached hydrogen (secondary N) is 1. The first kappa shape index (κ1) is 18.2. The molecule has 1 amide bonds. The highest BCUT2D eigenvalue weighted by atomic mass is 32.2. The van der Waals surface area contributed by atoms with E-state index in [1.165, 1.54) is 12.1 Å². The van der Waals surface area contributed by atoms with Crippen molar-refractivity contribution in [3.63, 3.8) is 0 Å². The lowest BCUT2D eigenvalue weighted by Gasteiger charge is -2.09. The summed E-state index contributed by atoms with van der Waals surface area (Å²) in [5.41, 5.74) is 1.92. The van der Waals surface area contributed by atoms with Crippen LogP contribution < -0.4 is 5.32 Å². The fourth-order valence-corrected chi connectivity index (χ4v) is 2.69. The van der Waals surface area contributed by atoms with E-state index in [-0.39, 0.29) is 16.9 Å². The van der Waals surface area contributed by atoms with Gasteiger partial charge in [0.2, 0.25) is 0 Å². The first-order valence-electron chi connectivity index (χ1n) is 7.58. The molecule has 0 aliphatic heterocycles. The average Bonchev–Trinajstić information content (AvgIpc) is 2.53. The van der Waals surface area contributed by atoms with Crippen LogP contribution in [0.15, 0.2) is 53.4 Å². The summed E-state index contributed by atoms with van der Waals surface area (Å²) in [7, 11) is -3.31. The molecule has 0 bridgehead atoms. The molecule has 1 N–H and O–H groups in total. The first-order chi connectivity index (χ1) is 11.3. The summed E-state index contributed by atoms with van der Waals surface area (Å²) in [5, 5.41) is 2.71. The zero-order chi connectivity index (χ0) is 17.7. The normalized spacial score (nSPS) is 11.5. The second-order valence-corrected chi connectivity index (χ2v) is 7.83. The number of rotatable bonds is 6. The van der Waals surface area contributed by atoms with Gasteiger partial charge in [0.05, 0.1) is 17.6 Å². The van der Waals surface area contributed by atoms with Gasteiger partial charge < -0.3 is 10.1 Å². The number of carbonyl (C=O) groups excluding carboxylic acids is 1. The van der Waals surface area contributed by atoms with E-state index < -0.39 is 9.84 Å². The lowest BCUT2D eigenvalue weighted by Crippen LogP contribution is -2.12. The van der Waals surface area contributed by atoms with Crippen molar-refractivity contribution in [2.45, 2.75) is 31.5 Å². The summed E-state index contributed by atoms with van der Waals surface area (Å²) < 4.78 is 28.6. The molecule has 0 saturated heterocycles. The molecule has 0 fully saturated rings. The van der Waals surface area contributed by atoms with Gasteiger partial charge in [0.15, 0.2) is 9.84 Å². The fourth-order valence-electron chi connectivity index (χ4n) is 2.02. The molecule has 24 heavy (non-hydrogen) atoms. The maximum atomic E-state index is 12.3. The van der Waals surface area contributed by atoms with Crippen LogP contribution in [0, 0.1) is 0 Å². The van der Waals surface area contributed by atoms with Crippen LogP contribution in [0.4, 0.5) is 5.69 Å². The molecule has 2 aromatic carbocycles. The minimum Gasteiger partial charge on any atom is -0.374 e. The smallest absolute Gasteiger partial charge is 0.255 e. The van der Waals surface area contributed by atoms with E-state index in [4.69, 9.17) is 4.74 Å². The van der Waals surface area contributed by atoms with E-state index in [0.29, 0.717) is 17.9 Å². The number of amides is 1. The second-order valence-electron chi connectivity index (χ2n) is 5.81. The minimum absolute atomic E-state index is 0.148. The maximum absolute atomic E-state index is 12.3. The van der Waals surface area contributed by atoms with Crippen LogP contribution in [0.25, 0.3) is 0 Å². The van der Waals surface area contributed by atoms with Gasteiger partial charge in [-0.25, -0.2) is 8.42 Å². The third-order valence-corrected chi connectivity index (χ3v) is 4.43. The van der Waals surface area contributed by atoms with Gasteiger partial charge in [-0.15, -0.1) is 0 Å². The number of hydrogen-bond acceptors (Lipinski definition) is 4. The Labute approximate surface area is 142 Å². The van der Waals surface area contributed by atoms with Gasteiger partial charge in [0, 0.05) is 17.5 Å². The second kappa shape index (κ2) is 7.59. The average molecular weight is 347 g/mol. The van der Waals surface area contributed by atoms with Gasteiger partial charge in [0.25, 0.3) is 5.91 Å². The van der Waals surface area contributed by atoms with Gasteiger partial charge >= 0.3 is 0 Å². The third-order valence-electron chi connectivity index (χ3n) is 3.32. The van der Waals surface area contributed by atoms with E-state index in [0.717, 1.165) is 11.8 Å². The Kier molecular flexibility index (Phi) is 5.75. The Morgan fingerprint density at radius 3 is 2.38 bits per heavy atom. The number of hydrogen-bond donors (Lipinski definition) is 1. The Bertz CT molecular complexity index is 811. The molecule has 0 aromatic heterocycles. The molecule has 0 atom stereocenters. The van der Waals surface area contributed by atoms with E-state index >= 15 is 0 Å². The zero-order valence-electron chi connectivity index (χ0n) is 13.9. The highest BCUT2D eigenvalue weighted by Gasteiger charge is 2.10. The largest absolute Gasteiger partial charge is 0.374 e. The lowest BCUT2D eigenvalue weighted by molar-refractivity contribution is 0.0657. The number of anilines is 1. The molecule has 128 valence electrons. The summed E-state index contributed by atoms with van der Waals surface area (Å²) in [6, 6.07) is 13.3. The third kappa shape index (κ3) is 5.18. The molecule has 0 heterocycles. The van der Waals surface area contributed by atoms with Crippen LogP contribution in [0.3, 0.4) is 0 Å². The summed E-state index contributed by atoms with van der Waals surface area (Å²) in [6.07, 6.45) is 1.28. The Morgan fingerprint density at radius 1 is 1.12 bits per heavy atom. The van der Waals surface area contributed by atoms with Crippen molar-refractivity contribution < 1.29 is 17.9 Å². The van der Waals surface area contributed by atoms with Crippen molar-refractivity contribution in [1.82, 2.24) is 0 Å². The van der Waals surface area contributed by atoms with E-state index in [1.54, 1.807) is 24.3 Å². The zero-order valence-corrected chi connectivity index (χ0v) is 14.8.